The standard InChI is InChI=1S/C24H27N9O5S/c1-24(2)10-32(15-6-7-33(30-15)11(9-25)8-14(26)37-3)23(36)18(38-24)17(34)21-28-13-5-4-12-19(39-31-20(12)27)16(13)22(35)29-21/h4-9,17-18,34H,10,25-26H2,1-3H3,(H2,27,31)(H,28,29,35)/b11-9+,14-8+. The lowest BCUT2D eigenvalue weighted by Crippen LogP contribution is -2.58. The molecule has 0 bridgehead atoms. The van der Waals surface area contributed by atoms with Gasteiger partial charge < -0.3 is 36.8 Å². The van der Waals surface area contributed by atoms with Crippen LogP contribution in [0.25, 0.3) is 26.7 Å². The number of nitrogens with one attached hydrogen (secondary N) is 1. The number of aliphatic hydroxyl groups is 1. The molecule has 8 N–H and O–H groups in total. The monoisotopic (exact) mass is 553 g/mol. The van der Waals surface area contributed by atoms with Crippen molar-refractivity contribution in [2.24, 2.45) is 11.5 Å². The Kier molecular flexibility index (Phi) is 6.49. The number of allylic oxidation sites excluding steroid dienone is 2. The molecule has 1 saturated heterocycles. The predicted molar refractivity (Wildman–Crippen MR) is 146 cm³/mol. The number of carbonyl (C=O) groups excluding carboxylic acids is 1. The maximum Gasteiger partial charge on any atom is 0.282 e. The number of nitrogen functional groups attached to an aromatic ring is 1. The number of ether oxygens (including phenoxy) is 2. The highest BCUT2D eigenvalue weighted by Crippen LogP contribution is 2.33. The zero-order valence-electron chi connectivity index (χ0n) is 21.3. The number of rotatable bonds is 6. The van der Waals surface area contributed by atoms with E-state index in [4.69, 9.17) is 26.7 Å². The van der Waals surface area contributed by atoms with E-state index in [2.05, 4.69) is 19.4 Å². The summed E-state index contributed by atoms with van der Waals surface area (Å²) in [6.45, 7) is 3.70. The molecule has 1 aromatic carbocycles. The summed E-state index contributed by atoms with van der Waals surface area (Å²) in [5.74, 6) is 0.0538. The van der Waals surface area contributed by atoms with Gasteiger partial charge in [-0.15, -0.1) is 5.10 Å². The van der Waals surface area contributed by atoms with Crippen molar-refractivity contribution in [2.45, 2.75) is 31.7 Å². The number of aliphatic hydroxyl groups excluding tert-OH is 1. The SMILES string of the molecule is CO/C(N)=C/C(=C\N)n1ccc(N2CC(C)(C)OC(C(O)c3nc(=O)c4c(ccc5c(N)nsc54)[nH]3)C2=O)n1. The second-order valence-electron chi connectivity index (χ2n) is 9.49. The van der Waals surface area contributed by atoms with Crippen LogP contribution in [0.3, 0.4) is 0 Å². The zero-order chi connectivity index (χ0) is 28.1. The second-order valence-corrected chi connectivity index (χ2v) is 10.3. The first kappa shape index (κ1) is 26.1. The van der Waals surface area contributed by atoms with Crippen molar-refractivity contribution < 1.29 is 19.4 Å². The third-order valence-corrected chi connectivity index (χ3v) is 7.14. The summed E-state index contributed by atoms with van der Waals surface area (Å²) < 4.78 is 17.1. The van der Waals surface area contributed by atoms with Gasteiger partial charge in [-0.2, -0.15) is 9.36 Å². The highest BCUT2D eigenvalue weighted by atomic mass is 32.1. The number of anilines is 2. The number of methoxy groups -OCH3 is 1. The average Bonchev–Trinajstić information content (AvgIpc) is 3.54. The summed E-state index contributed by atoms with van der Waals surface area (Å²) in [6.07, 6.45) is 1.41. The van der Waals surface area contributed by atoms with Gasteiger partial charge in [0, 0.05) is 29.9 Å². The van der Waals surface area contributed by atoms with Gasteiger partial charge in [0.15, 0.2) is 17.8 Å². The van der Waals surface area contributed by atoms with Gasteiger partial charge in [0.05, 0.1) is 40.6 Å². The molecule has 2 atom stereocenters. The molecule has 1 amide bonds. The first-order chi connectivity index (χ1) is 18.5. The molecule has 1 aliphatic heterocycles. The molecule has 39 heavy (non-hydrogen) atoms. The minimum Gasteiger partial charge on any atom is -0.483 e. The van der Waals surface area contributed by atoms with Gasteiger partial charge in [0.1, 0.15) is 17.7 Å². The Morgan fingerprint density at radius 1 is 1.36 bits per heavy atom. The number of carbonyl (C=O) groups is 1. The van der Waals surface area contributed by atoms with Crippen molar-refractivity contribution >= 4 is 55.8 Å². The Bertz CT molecular complexity index is 1700. The molecule has 14 nitrogen and oxygen atoms in total. The lowest BCUT2D eigenvalue weighted by Gasteiger charge is -2.42. The van der Waals surface area contributed by atoms with Crippen LogP contribution in [0.5, 0.6) is 0 Å². The van der Waals surface area contributed by atoms with E-state index in [-0.39, 0.29) is 18.3 Å². The van der Waals surface area contributed by atoms with E-state index in [1.165, 1.54) is 29.0 Å². The Morgan fingerprint density at radius 3 is 2.85 bits per heavy atom. The number of morpholine rings is 1. The van der Waals surface area contributed by atoms with Crippen LogP contribution in [0, 0.1) is 0 Å². The van der Waals surface area contributed by atoms with Crippen LogP contribution in [0.1, 0.15) is 25.8 Å². The first-order valence-corrected chi connectivity index (χ1v) is 12.5. The van der Waals surface area contributed by atoms with Gasteiger partial charge >= 0.3 is 0 Å². The molecule has 5 rings (SSSR count). The number of hydrogen-bond acceptors (Lipinski definition) is 12. The van der Waals surface area contributed by atoms with Crippen LogP contribution in [0.15, 0.2) is 47.3 Å². The minimum absolute atomic E-state index is 0.112. The molecule has 4 heterocycles. The van der Waals surface area contributed by atoms with Crippen molar-refractivity contribution in [3.05, 3.63) is 58.7 Å². The molecule has 1 fully saturated rings. The molecule has 15 heteroatoms. The fourth-order valence-electron chi connectivity index (χ4n) is 4.39. The predicted octanol–water partition coefficient (Wildman–Crippen LogP) is 0.759. The molecule has 204 valence electrons. The Hall–Kier alpha value is -4.47. The van der Waals surface area contributed by atoms with E-state index in [0.717, 1.165) is 11.5 Å². The van der Waals surface area contributed by atoms with Gasteiger partial charge in [0.2, 0.25) is 0 Å². The van der Waals surface area contributed by atoms with Crippen molar-refractivity contribution in [3.8, 4) is 0 Å². The van der Waals surface area contributed by atoms with E-state index in [0.29, 0.717) is 38.3 Å². The summed E-state index contributed by atoms with van der Waals surface area (Å²) in [6, 6.07) is 5.00. The van der Waals surface area contributed by atoms with Gasteiger partial charge in [-0.1, -0.05) is 0 Å². The molecule has 2 unspecified atom stereocenters. The number of hydrogen-bond donors (Lipinski definition) is 5. The van der Waals surface area contributed by atoms with Crippen LogP contribution in [-0.2, 0) is 14.3 Å². The van der Waals surface area contributed by atoms with Crippen molar-refractivity contribution in [2.75, 3.05) is 24.3 Å². The van der Waals surface area contributed by atoms with E-state index in [9.17, 15) is 14.7 Å². The smallest absolute Gasteiger partial charge is 0.282 e. The van der Waals surface area contributed by atoms with Crippen molar-refractivity contribution in [1.82, 2.24) is 24.1 Å². The van der Waals surface area contributed by atoms with Crippen LogP contribution >= 0.6 is 11.5 Å². The summed E-state index contributed by atoms with van der Waals surface area (Å²) in [5, 5.41) is 16.6. The van der Waals surface area contributed by atoms with E-state index in [1.54, 1.807) is 38.2 Å². The number of amides is 1. The van der Waals surface area contributed by atoms with Crippen molar-refractivity contribution in [1.29, 1.82) is 0 Å². The average molecular weight is 554 g/mol. The van der Waals surface area contributed by atoms with Crippen molar-refractivity contribution in [3.63, 3.8) is 0 Å². The van der Waals surface area contributed by atoms with E-state index in [1.807, 2.05) is 0 Å². The molecule has 3 aromatic heterocycles. The Balaban J connectivity index is 1.49. The largest absolute Gasteiger partial charge is 0.483 e. The maximum absolute atomic E-state index is 13.6. The Labute approximate surface area is 225 Å². The van der Waals surface area contributed by atoms with Crippen LogP contribution in [0.2, 0.25) is 0 Å². The van der Waals surface area contributed by atoms with Gasteiger partial charge in [0.25, 0.3) is 11.5 Å². The lowest BCUT2D eigenvalue weighted by atomic mass is 10.0. The fraction of sp³-hybridized carbons (Fsp3) is 0.292. The molecule has 0 saturated carbocycles. The van der Waals surface area contributed by atoms with Crippen LogP contribution < -0.4 is 27.7 Å². The fourth-order valence-corrected chi connectivity index (χ4v) is 5.24. The number of nitrogens with zero attached hydrogens (tertiary/aromatic N) is 5. The number of fused-ring (bicyclic) bond motifs is 3. The van der Waals surface area contributed by atoms with Gasteiger partial charge in [-0.3, -0.25) is 14.5 Å². The van der Waals surface area contributed by atoms with E-state index >= 15 is 0 Å². The molecule has 4 aromatic rings. The van der Waals surface area contributed by atoms with Gasteiger partial charge in [-0.25, -0.2) is 4.68 Å². The molecule has 0 radical (unpaired) electrons. The summed E-state index contributed by atoms with van der Waals surface area (Å²) in [5.41, 5.74) is 16.7. The molecule has 0 spiro atoms. The Morgan fingerprint density at radius 2 is 2.13 bits per heavy atom. The van der Waals surface area contributed by atoms with Gasteiger partial charge in [-0.05, 0) is 37.5 Å². The van der Waals surface area contributed by atoms with E-state index < -0.39 is 29.3 Å². The third-order valence-electron chi connectivity index (χ3n) is 6.24. The van der Waals surface area contributed by atoms with Crippen LogP contribution in [0.4, 0.5) is 11.6 Å². The summed E-state index contributed by atoms with van der Waals surface area (Å²) in [7, 11) is 1.42. The molecular formula is C24H27N9O5S. The molecular weight excluding hydrogens is 526 g/mol. The maximum atomic E-state index is 13.6. The molecule has 0 aliphatic carbocycles. The number of H-pyrrole nitrogens is 1. The number of nitrogens with two attached hydrogens (primary N) is 3. The number of aromatic amines is 1. The summed E-state index contributed by atoms with van der Waals surface area (Å²) in [4.78, 5) is 35.0. The molecule has 1 aliphatic rings. The quantitative estimate of drug-likeness (QED) is 0.166. The number of aromatic nitrogens is 5. The summed E-state index contributed by atoms with van der Waals surface area (Å²) >= 11 is 1.09. The minimum atomic E-state index is -1.58. The highest BCUT2D eigenvalue weighted by Gasteiger charge is 2.45. The van der Waals surface area contributed by atoms with Crippen LogP contribution in [-0.4, -0.2) is 60.5 Å². The second kappa shape index (κ2) is 9.68. The highest BCUT2D eigenvalue weighted by molar-refractivity contribution is 7.14. The normalized spacial score (nSPS) is 19.1. The lowest BCUT2D eigenvalue weighted by molar-refractivity contribution is -0.166. The zero-order valence-corrected chi connectivity index (χ0v) is 22.1. The first-order valence-electron chi connectivity index (χ1n) is 11.8. The topological polar surface area (TPSA) is 214 Å². The number of benzene rings is 1. The third kappa shape index (κ3) is 4.67.